The third-order valence-electron chi connectivity index (χ3n) is 2.60. The van der Waals surface area contributed by atoms with Crippen LogP contribution in [0.15, 0.2) is 24.3 Å². The van der Waals surface area contributed by atoms with Gasteiger partial charge in [-0.1, -0.05) is 18.2 Å². The molecule has 4 heteroatoms. The quantitative estimate of drug-likeness (QED) is 0.761. The number of para-hydroxylation sites is 1. The van der Waals surface area contributed by atoms with Crippen molar-refractivity contribution in [2.24, 2.45) is 0 Å². The Balaban J connectivity index is 2.46. The van der Waals surface area contributed by atoms with Crippen molar-refractivity contribution >= 4 is 5.91 Å². The molecule has 94 valence electrons. The summed E-state index contributed by atoms with van der Waals surface area (Å²) in [6, 6.07) is 6.91. The maximum atomic E-state index is 11.8. The Morgan fingerprint density at radius 1 is 1.41 bits per heavy atom. The molecule has 1 rings (SSSR count). The lowest BCUT2D eigenvalue weighted by molar-refractivity contribution is -0.129. The van der Waals surface area contributed by atoms with Crippen molar-refractivity contribution in [3.63, 3.8) is 0 Å². The van der Waals surface area contributed by atoms with Gasteiger partial charge in [-0.2, -0.15) is 0 Å². The first-order valence-corrected chi connectivity index (χ1v) is 5.65. The van der Waals surface area contributed by atoms with Crippen LogP contribution in [0.25, 0.3) is 0 Å². The fourth-order valence-electron chi connectivity index (χ4n) is 1.53. The highest BCUT2D eigenvalue weighted by Gasteiger charge is 2.11. The maximum Gasteiger partial charge on any atom is 0.226 e. The summed E-state index contributed by atoms with van der Waals surface area (Å²) in [7, 11) is 3.40. The van der Waals surface area contributed by atoms with E-state index in [9.17, 15) is 9.90 Å². The Kier molecular flexibility index (Phi) is 5.49. The highest BCUT2D eigenvalue weighted by atomic mass is 16.5. The van der Waals surface area contributed by atoms with Crippen LogP contribution in [-0.2, 0) is 16.0 Å². The number of phenols is 1. The lowest BCUT2D eigenvalue weighted by Crippen LogP contribution is -2.29. The van der Waals surface area contributed by atoms with Gasteiger partial charge in [0.05, 0.1) is 6.42 Å². The molecule has 0 spiro atoms. The van der Waals surface area contributed by atoms with Crippen molar-refractivity contribution < 1.29 is 14.6 Å². The average molecular weight is 237 g/mol. The standard InChI is InChI=1S/C13H19NO3/c1-14(8-5-9-17-2)13(16)10-11-6-3-4-7-12(11)15/h3-4,6-7,15H,5,8-10H2,1-2H3. The second kappa shape index (κ2) is 6.91. The van der Waals surface area contributed by atoms with Gasteiger partial charge in [0.1, 0.15) is 5.75 Å². The minimum Gasteiger partial charge on any atom is -0.508 e. The molecule has 0 heterocycles. The van der Waals surface area contributed by atoms with Crippen LogP contribution in [0.5, 0.6) is 5.75 Å². The predicted octanol–water partition coefficient (Wildman–Crippen LogP) is 1.43. The van der Waals surface area contributed by atoms with E-state index in [1.54, 1.807) is 37.3 Å². The van der Waals surface area contributed by atoms with E-state index in [0.29, 0.717) is 18.7 Å². The zero-order valence-corrected chi connectivity index (χ0v) is 10.3. The average Bonchev–Trinajstić information content (AvgIpc) is 2.32. The van der Waals surface area contributed by atoms with Gasteiger partial charge in [-0.05, 0) is 12.5 Å². The smallest absolute Gasteiger partial charge is 0.226 e. The molecule has 0 fully saturated rings. The second-order valence-corrected chi connectivity index (χ2v) is 3.97. The van der Waals surface area contributed by atoms with E-state index in [-0.39, 0.29) is 18.1 Å². The molecule has 0 radical (unpaired) electrons. The highest BCUT2D eigenvalue weighted by Crippen LogP contribution is 2.16. The first kappa shape index (κ1) is 13.5. The number of aromatic hydroxyl groups is 1. The van der Waals surface area contributed by atoms with Gasteiger partial charge in [0.15, 0.2) is 0 Å². The first-order chi connectivity index (χ1) is 8.15. The molecule has 0 bridgehead atoms. The number of hydrogen-bond acceptors (Lipinski definition) is 3. The van der Waals surface area contributed by atoms with Crippen LogP contribution < -0.4 is 0 Å². The summed E-state index contributed by atoms with van der Waals surface area (Å²) in [6.45, 7) is 1.31. The molecule has 0 aliphatic rings. The number of carbonyl (C=O) groups excluding carboxylic acids is 1. The van der Waals surface area contributed by atoms with Crippen LogP contribution in [0.4, 0.5) is 0 Å². The summed E-state index contributed by atoms with van der Waals surface area (Å²) in [5, 5.41) is 9.56. The van der Waals surface area contributed by atoms with Gasteiger partial charge in [0.2, 0.25) is 5.91 Å². The maximum absolute atomic E-state index is 11.8. The zero-order chi connectivity index (χ0) is 12.7. The summed E-state index contributed by atoms with van der Waals surface area (Å²) in [5.41, 5.74) is 0.663. The third kappa shape index (κ3) is 4.44. The minimum atomic E-state index is 0.00241. The molecule has 4 nitrogen and oxygen atoms in total. The summed E-state index contributed by atoms with van der Waals surface area (Å²) in [4.78, 5) is 13.5. The fourth-order valence-corrected chi connectivity index (χ4v) is 1.53. The van der Waals surface area contributed by atoms with Crippen LogP contribution >= 0.6 is 0 Å². The molecule has 0 aliphatic carbocycles. The Labute approximate surface area is 102 Å². The second-order valence-electron chi connectivity index (χ2n) is 3.97. The molecule has 1 N–H and O–H groups in total. The molecule has 0 aliphatic heterocycles. The van der Waals surface area contributed by atoms with Gasteiger partial charge in [-0.25, -0.2) is 0 Å². The lowest BCUT2D eigenvalue weighted by atomic mass is 10.1. The number of methoxy groups -OCH3 is 1. The summed E-state index contributed by atoms with van der Waals surface area (Å²) < 4.78 is 4.93. The number of benzene rings is 1. The molecule has 1 aromatic carbocycles. The van der Waals surface area contributed by atoms with Crippen molar-refractivity contribution in [2.75, 3.05) is 27.3 Å². The number of rotatable bonds is 6. The van der Waals surface area contributed by atoms with Gasteiger partial charge >= 0.3 is 0 Å². The molecular formula is C13H19NO3. The first-order valence-electron chi connectivity index (χ1n) is 5.65. The van der Waals surface area contributed by atoms with Gasteiger partial charge in [0, 0.05) is 32.9 Å². The summed E-state index contributed by atoms with van der Waals surface area (Å²) >= 11 is 0. The molecule has 0 saturated carbocycles. The van der Waals surface area contributed by atoms with Crippen LogP contribution in [0.1, 0.15) is 12.0 Å². The van der Waals surface area contributed by atoms with Crippen LogP contribution in [-0.4, -0.2) is 43.2 Å². The van der Waals surface area contributed by atoms with Crippen molar-refractivity contribution in [1.82, 2.24) is 4.90 Å². The monoisotopic (exact) mass is 237 g/mol. The van der Waals surface area contributed by atoms with Crippen LogP contribution in [0.3, 0.4) is 0 Å². The number of hydrogen-bond donors (Lipinski definition) is 1. The molecule has 0 aromatic heterocycles. The van der Waals surface area contributed by atoms with E-state index in [4.69, 9.17) is 4.74 Å². The van der Waals surface area contributed by atoms with Crippen molar-refractivity contribution in [2.45, 2.75) is 12.8 Å². The zero-order valence-electron chi connectivity index (χ0n) is 10.3. The van der Waals surface area contributed by atoms with Gasteiger partial charge in [-0.15, -0.1) is 0 Å². The van der Waals surface area contributed by atoms with Crippen molar-refractivity contribution in [3.05, 3.63) is 29.8 Å². The Morgan fingerprint density at radius 2 is 2.12 bits per heavy atom. The van der Waals surface area contributed by atoms with Gasteiger partial charge in [0.25, 0.3) is 0 Å². The van der Waals surface area contributed by atoms with Crippen LogP contribution in [0, 0.1) is 0 Å². The number of nitrogens with zero attached hydrogens (tertiary/aromatic N) is 1. The normalized spacial score (nSPS) is 10.2. The van der Waals surface area contributed by atoms with Crippen molar-refractivity contribution in [1.29, 1.82) is 0 Å². The van der Waals surface area contributed by atoms with E-state index < -0.39 is 0 Å². The molecule has 1 amide bonds. The minimum absolute atomic E-state index is 0.00241. The Hall–Kier alpha value is -1.55. The predicted molar refractivity (Wildman–Crippen MR) is 65.9 cm³/mol. The molecule has 0 saturated heterocycles. The van der Waals surface area contributed by atoms with Gasteiger partial charge < -0.3 is 14.7 Å². The van der Waals surface area contributed by atoms with Crippen molar-refractivity contribution in [3.8, 4) is 5.75 Å². The number of likely N-dealkylation sites (N-methyl/N-ethyl adjacent to an activating group) is 1. The molecule has 17 heavy (non-hydrogen) atoms. The van der Waals surface area contributed by atoms with E-state index in [1.807, 2.05) is 6.07 Å². The Bertz CT molecular complexity index is 365. The van der Waals surface area contributed by atoms with E-state index in [0.717, 1.165) is 6.42 Å². The number of amides is 1. The SMILES string of the molecule is COCCCN(C)C(=O)Cc1ccccc1O. The number of phenolic OH excluding ortho intramolecular Hbond substituents is 1. The molecule has 0 atom stereocenters. The van der Waals surface area contributed by atoms with E-state index in [1.165, 1.54) is 0 Å². The molecule has 0 unspecified atom stereocenters. The van der Waals surface area contributed by atoms with Gasteiger partial charge in [-0.3, -0.25) is 4.79 Å². The Morgan fingerprint density at radius 3 is 2.76 bits per heavy atom. The number of ether oxygens (including phenoxy) is 1. The fraction of sp³-hybridized carbons (Fsp3) is 0.462. The largest absolute Gasteiger partial charge is 0.508 e. The molecular weight excluding hydrogens is 218 g/mol. The molecule has 1 aromatic rings. The topological polar surface area (TPSA) is 49.8 Å². The summed E-state index contributed by atoms with van der Waals surface area (Å²) in [6.07, 6.45) is 1.05. The summed E-state index contributed by atoms with van der Waals surface area (Å²) in [5.74, 6) is 0.175. The highest BCUT2D eigenvalue weighted by molar-refractivity contribution is 5.79. The third-order valence-corrected chi connectivity index (χ3v) is 2.60. The van der Waals surface area contributed by atoms with E-state index >= 15 is 0 Å². The van der Waals surface area contributed by atoms with E-state index in [2.05, 4.69) is 0 Å². The number of carbonyl (C=O) groups is 1. The van der Waals surface area contributed by atoms with Crippen LogP contribution in [0.2, 0.25) is 0 Å². The lowest BCUT2D eigenvalue weighted by Gasteiger charge is -2.17.